The second kappa shape index (κ2) is 12.6. The molecule has 0 saturated carbocycles. The van der Waals surface area contributed by atoms with Crippen LogP contribution in [0.4, 0.5) is 23.2 Å². The molecule has 0 radical (unpaired) electrons. The number of rotatable bonds is 4. The van der Waals surface area contributed by atoms with Crippen molar-refractivity contribution in [1.82, 2.24) is 4.90 Å². The molecule has 2 aromatic rings. The van der Waals surface area contributed by atoms with Crippen LogP contribution in [0.2, 0.25) is 5.02 Å². The van der Waals surface area contributed by atoms with E-state index in [1.165, 1.54) is 11.6 Å². The number of morpholine rings is 1. The van der Waals surface area contributed by atoms with E-state index in [-0.39, 0.29) is 11.9 Å². The summed E-state index contributed by atoms with van der Waals surface area (Å²) in [6.45, 7) is 5.25. The maximum Gasteiger partial charge on any atom is 0.490 e. The first kappa shape index (κ1) is 28.7. The van der Waals surface area contributed by atoms with Gasteiger partial charge in [-0.1, -0.05) is 29.8 Å². The van der Waals surface area contributed by atoms with E-state index in [0.717, 1.165) is 50.5 Å². The zero-order valence-electron chi connectivity index (χ0n) is 20.2. The van der Waals surface area contributed by atoms with E-state index >= 15 is 0 Å². The summed E-state index contributed by atoms with van der Waals surface area (Å²) in [4.78, 5) is 13.5. The van der Waals surface area contributed by atoms with Crippen molar-refractivity contribution in [2.45, 2.75) is 50.6 Å². The van der Waals surface area contributed by atoms with Crippen LogP contribution in [-0.4, -0.2) is 66.6 Å². The molecule has 0 unspecified atom stereocenters. The van der Waals surface area contributed by atoms with Crippen LogP contribution in [0.5, 0.6) is 0 Å². The number of hydrogen-bond acceptors (Lipinski definition) is 5. The molecule has 0 aromatic heterocycles. The number of nitriles is 1. The Morgan fingerprint density at radius 2 is 1.81 bits per heavy atom. The van der Waals surface area contributed by atoms with Gasteiger partial charge in [-0.25, -0.2) is 9.18 Å². The Balaban J connectivity index is 0.000000479. The molecule has 0 amide bonds. The Kier molecular flexibility index (Phi) is 9.76. The molecule has 1 N–H and O–H groups in total. The minimum Gasteiger partial charge on any atom is -0.475 e. The SMILES string of the molecule is C[C@H]1CN(C2CCN(c3c(F)cccc3C#N)CC2)[C@@H](Cc2ccc(Cl)cc2)CO1.O=C(O)C(F)(F)F. The maximum absolute atomic E-state index is 14.4. The number of carboxylic acids is 1. The van der Waals surface area contributed by atoms with Crippen LogP contribution >= 0.6 is 11.6 Å². The average molecular weight is 542 g/mol. The predicted molar refractivity (Wildman–Crippen MR) is 131 cm³/mol. The van der Waals surface area contributed by atoms with E-state index < -0.39 is 12.1 Å². The Morgan fingerprint density at radius 3 is 2.38 bits per heavy atom. The van der Waals surface area contributed by atoms with Gasteiger partial charge in [0.15, 0.2) is 0 Å². The molecular formula is C26H28ClF4N3O3. The third kappa shape index (κ3) is 7.81. The number of anilines is 1. The average Bonchev–Trinajstić information content (AvgIpc) is 2.86. The van der Waals surface area contributed by atoms with Crippen molar-refractivity contribution >= 4 is 23.3 Å². The topological polar surface area (TPSA) is 76.8 Å². The number of hydrogen-bond donors (Lipinski definition) is 1. The number of halogens is 5. The third-order valence-electron chi connectivity index (χ3n) is 6.49. The number of para-hydroxylation sites is 1. The predicted octanol–water partition coefficient (Wildman–Crippen LogP) is 5.28. The molecule has 0 bridgehead atoms. The Morgan fingerprint density at radius 1 is 1.19 bits per heavy atom. The quantitative estimate of drug-likeness (QED) is 0.530. The fraction of sp³-hybridized carbons (Fsp3) is 0.462. The van der Waals surface area contributed by atoms with Gasteiger partial charge < -0.3 is 14.7 Å². The van der Waals surface area contributed by atoms with Gasteiger partial charge in [-0.2, -0.15) is 18.4 Å². The summed E-state index contributed by atoms with van der Waals surface area (Å²) in [6.07, 6.45) is -2.05. The largest absolute Gasteiger partial charge is 0.490 e. The van der Waals surface area contributed by atoms with Crippen molar-refractivity contribution in [3.05, 3.63) is 64.4 Å². The standard InChI is InChI=1S/C24H27ClFN3O.C2HF3O2/c1-17-15-29(22(16-30-17)13-18-5-7-20(25)8-6-18)21-9-11-28(12-10-21)24-19(14-27)3-2-4-23(24)26;3-2(4,5)1(6)7/h2-8,17,21-22H,9-13,15-16H2,1H3;(H,6,7)/t17-,22-;/m0./s1. The van der Waals surface area contributed by atoms with Gasteiger partial charge in [-0.15, -0.1) is 0 Å². The molecule has 6 nitrogen and oxygen atoms in total. The van der Waals surface area contributed by atoms with Crippen LogP contribution in [0.15, 0.2) is 42.5 Å². The summed E-state index contributed by atoms with van der Waals surface area (Å²) in [5.41, 5.74) is 2.12. The van der Waals surface area contributed by atoms with Crippen LogP contribution < -0.4 is 4.90 Å². The van der Waals surface area contributed by atoms with Crippen LogP contribution in [0.1, 0.15) is 30.9 Å². The first-order chi connectivity index (χ1) is 17.5. The van der Waals surface area contributed by atoms with Gasteiger partial charge in [0, 0.05) is 36.7 Å². The number of carbonyl (C=O) groups is 1. The van der Waals surface area contributed by atoms with E-state index in [1.54, 1.807) is 12.1 Å². The summed E-state index contributed by atoms with van der Waals surface area (Å²) in [7, 11) is 0. The molecule has 2 aliphatic rings. The van der Waals surface area contributed by atoms with Gasteiger partial charge in [-0.05, 0) is 56.0 Å². The molecule has 2 heterocycles. The number of carboxylic acid groups (broad SMARTS) is 1. The van der Waals surface area contributed by atoms with Crippen molar-refractivity contribution in [3.63, 3.8) is 0 Å². The highest BCUT2D eigenvalue weighted by atomic mass is 35.5. The lowest BCUT2D eigenvalue weighted by molar-refractivity contribution is -0.192. The van der Waals surface area contributed by atoms with Crippen molar-refractivity contribution < 1.29 is 32.2 Å². The number of alkyl halides is 3. The molecule has 0 aliphatic carbocycles. The van der Waals surface area contributed by atoms with Gasteiger partial charge in [0.05, 0.1) is 24.0 Å². The highest BCUT2D eigenvalue weighted by molar-refractivity contribution is 6.30. The Hall–Kier alpha value is -2.87. The lowest BCUT2D eigenvalue weighted by atomic mass is 9.96. The maximum atomic E-state index is 14.4. The van der Waals surface area contributed by atoms with E-state index in [0.29, 0.717) is 23.3 Å². The van der Waals surface area contributed by atoms with Crippen LogP contribution in [-0.2, 0) is 16.0 Å². The molecule has 4 rings (SSSR count). The molecule has 2 fully saturated rings. The smallest absolute Gasteiger partial charge is 0.475 e. The van der Waals surface area contributed by atoms with Gasteiger partial charge in [0.1, 0.15) is 11.9 Å². The monoisotopic (exact) mass is 541 g/mol. The number of aliphatic carboxylic acids is 1. The molecule has 2 aliphatic heterocycles. The summed E-state index contributed by atoms with van der Waals surface area (Å²) in [5, 5.41) is 17.3. The molecule has 37 heavy (non-hydrogen) atoms. The Labute approximate surface area is 218 Å². The van der Waals surface area contributed by atoms with E-state index in [2.05, 4.69) is 30.0 Å². The molecular weight excluding hydrogens is 514 g/mol. The number of benzene rings is 2. The van der Waals surface area contributed by atoms with Gasteiger partial charge in [0.25, 0.3) is 0 Å². The van der Waals surface area contributed by atoms with Gasteiger partial charge in [0.2, 0.25) is 0 Å². The molecule has 2 saturated heterocycles. The highest BCUT2D eigenvalue weighted by Crippen LogP contribution is 2.30. The molecule has 2 atom stereocenters. The first-order valence-corrected chi connectivity index (χ1v) is 12.2. The van der Waals surface area contributed by atoms with E-state index in [4.69, 9.17) is 26.2 Å². The minimum atomic E-state index is -5.08. The minimum absolute atomic E-state index is 0.209. The zero-order chi connectivity index (χ0) is 27.2. The lowest BCUT2D eigenvalue weighted by Crippen LogP contribution is -2.56. The van der Waals surface area contributed by atoms with Crippen LogP contribution in [0, 0.1) is 17.1 Å². The molecule has 11 heteroatoms. The van der Waals surface area contributed by atoms with Gasteiger partial charge >= 0.3 is 12.1 Å². The number of nitrogens with zero attached hydrogens (tertiary/aromatic N) is 3. The van der Waals surface area contributed by atoms with E-state index in [1.807, 2.05) is 17.0 Å². The first-order valence-electron chi connectivity index (χ1n) is 11.8. The van der Waals surface area contributed by atoms with E-state index in [9.17, 15) is 22.8 Å². The highest BCUT2D eigenvalue weighted by Gasteiger charge is 2.38. The molecule has 2 aromatic carbocycles. The van der Waals surface area contributed by atoms with Crippen molar-refractivity contribution in [1.29, 1.82) is 5.26 Å². The fourth-order valence-electron chi connectivity index (χ4n) is 4.73. The van der Waals surface area contributed by atoms with Crippen molar-refractivity contribution in [3.8, 4) is 6.07 Å². The second-order valence-corrected chi connectivity index (χ2v) is 9.53. The number of ether oxygens (including phenoxy) is 1. The van der Waals surface area contributed by atoms with Crippen LogP contribution in [0.3, 0.4) is 0 Å². The molecule has 0 spiro atoms. The fourth-order valence-corrected chi connectivity index (χ4v) is 4.86. The lowest BCUT2D eigenvalue weighted by Gasteiger charge is -2.46. The van der Waals surface area contributed by atoms with Crippen molar-refractivity contribution in [2.24, 2.45) is 0 Å². The molecule has 200 valence electrons. The summed E-state index contributed by atoms with van der Waals surface area (Å²) >= 11 is 6.03. The third-order valence-corrected chi connectivity index (χ3v) is 6.75. The van der Waals surface area contributed by atoms with Crippen molar-refractivity contribution in [2.75, 3.05) is 31.1 Å². The Bertz CT molecular complexity index is 1100. The van der Waals surface area contributed by atoms with Gasteiger partial charge in [-0.3, -0.25) is 4.90 Å². The number of piperidine rings is 1. The zero-order valence-corrected chi connectivity index (χ0v) is 21.0. The summed E-state index contributed by atoms with van der Waals surface area (Å²) < 4.78 is 52.1. The van der Waals surface area contributed by atoms with Crippen LogP contribution in [0.25, 0.3) is 0 Å². The summed E-state index contributed by atoms with van der Waals surface area (Å²) in [5.74, 6) is -3.07. The summed E-state index contributed by atoms with van der Waals surface area (Å²) in [6, 6.07) is 15.7. The normalized spacial score (nSPS) is 21.1. The second-order valence-electron chi connectivity index (χ2n) is 9.09.